The minimum absolute atomic E-state index is 0.146. The van der Waals surface area contributed by atoms with Gasteiger partial charge in [0.15, 0.2) is 0 Å². The lowest BCUT2D eigenvalue weighted by Crippen LogP contribution is -2.43. The number of hydrogen-bond acceptors (Lipinski definition) is 3. The van der Waals surface area contributed by atoms with Crippen LogP contribution in [-0.4, -0.2) is 41.7 Å². The molecule has 0 bridgehead atoms. The van der Waals surface area contributed by atoms with Crippen molar-refractivity contribution in [3.8, 4) is 0 Å². The number of nitrogens with one attached hydrogen (secondary N) is 1. The number of hydrogen-bond donors (Lipinski definition) is 2. The fourth-order valence-electron chi connectivity index (χ4n) is 2.69. The van der Waals surface area contributed by atoms with Gasteiger partial charge in [0.05, 0.1) is 4.75 Å². The van der Waals surface area contributed by atoms with Gasteiger partial charge in [0, 0.05) is 13.1 Å². The molecule has 0 spiro atoms. The normalized spacial score (nSPS) is 24.8. The van der Waals surface area contributed by atoms with Crippen molar-refractivity contribution in [1.29, 1.82) is 0 Å². The summed E-state index contributed by atoms with van der Waals surface area (Å²) in [7, 11) is 0. The van der Waals surface area contributed by atoms with Gasteiger partial charge in [0.2, 0.25) is 5.91 Å². The molecule has 16 heavy (non-hydrogen) atoms. The van der Waals surface area contributed by atoms with Crippen LogP contribution < -0.4 is 5.32 Å². The van der Waals surface area contributed by atoms with E-state index >= 15 is 0 Å². The maximum absolute atomic E-state index is 11.9. The molecule has 0 aromatic rings. The number of carbonyl (C=O) groups excluding carboxylic acids is 1. The fourth-order valence-corrected chi connectivity index (χ4v) is 3.08. The predicted octanol–water partition coefficient (Wildman–Crippen LogP) is 1.44. The van der Waals surface area contributed by atoms with Crippen LogP contribution in [0.5, 0.6) is 0 Å². The van der Waals surface area contributed by atoms with E-state index in [0.717, 1.165) is 38.8 Å². The van der Waals surface area contributed by atoms with E-state index in [-0.39, 0.29) is 10.7 Å². The highest BCUT2D eigenvalue weighted by molar-refractivity contribution is 7.82. The van der Waals surface area contributed by atoms with E-state index in [1.807, 2.05) is 0 Å². The average Bonchev–Trinajstić information content (AvgIpc) is 2.90. The Morgan fingerprint density at radius 3 is 2.44 bits per heavy atom. The van der Waals surface area contributed by atoms with Gasteiger partial charge in [0.25, 0.3) is 0 Å². The molecule has 1 aliphatic carbocycles. The molecule has 0 aromatic carbocycles. The monoisotopic (exact) mass is 242 g/mol. The summed E-state index contributed by atoms with van der Waals surface area (Å²) in [4.78, 5) is 14.4. The molecule has 3 nitrogen and oxygen atoms in total. The second kappa shape index (κ2) is 5.41. The SMILES string of the molecule is O=C(NCCN1CCCC1)C1(S)CCCC1. The molecule has 4 heteroatoms. The number of thiol groups is 1. The second-order valence-electron chi connectivity index (χ2n) is 5.04. The number of rotatable bonds is 4. The summed E-state index contributed by atoms with van der Waals surface area (Å²) in [6.45, 7) is 4.17. The molecule has 0 atom stereocenters. The largest absolute Gasteiger partial charge is 0.354 e. The Labute approximate surface area is 103 Å². The van der Waals surface area contributed by atoms with Gasteiger partial charge in [-0.25, -0.2) is 0 Å². The lowest BCUT2D eigenvalue weighted by atomic mass is 10.1. The Hall–Kier alpha value is -0.220. The molecule has 1 aliphatic heterocycles. The van der Waals surface area contributed by atoms with Crippen molar-refractivity contribution < 1.29 is 4.79 Å². The summed E-state index contributed by atoms with van der Waals surface area (Å²) in [5.41, 5.74) is 0. The molecule has 1 amide bonds. The van der Waals surface area contributed by atoms with E-state index in [9.17, 15) is 4.79 Å². The van der Waals surface area contributed by atoms with E-state index in [4.69, 9.17) is 0 Å². The summed E-state index contributed by atoms with van der Waals surface area (Å²) < 4.78 is -0.370. The first-order valence-corrected chi connectivity index (χ1v) is 6.88. The third-order valence-electron chi connectivity index (χ3n) is 3.77. The van der Waals surface area contributed by atoms with E-state index in [2.05, 4.69) is 22.8 Å². The van der Waals surface area contributed by atoms with Gasteiger partial charge < -0.3 is 10.2 Å². The first kappa shape index (κ1) is 12.2. The molecule has 1 heterocycles. The van der Waals surface area contributed by atoms with Crippen molar-refractivity contribution in [2.45, 2.75) is 43.3 Å². The van der Waals surface area contributed by atoms with Crippen LogP contribution >= 0.6 is 12.6 Å². The van der Waals surface area contributed by atoms with Crippen molar-refractivity contribution in [3.63, 3.8) is 0 Å². The Morgan fingerprint density at radius 1 is 1.19 bits per heavy atom. The Balaban J connectivity index is 1.67. The van der Waals surface area contributed by atoms with Crippen LogP contribution in [0.3, 0.4) is 0 Å². The van der Waals surface area contributed by atoms with Gasteiger partial charge in [-0.2, -0.15) is 12.6 Å². The number of likely N-dealkylation sites (tertiary alicyclic amines) is 1. The molecule has 1 saturated carbocycles. The van der Waals surface area contributed by atoms with Gasteiger partial charge in [-0.3, -0.25) is 4.79 Å². The summed E-state index contributed by atoms with van der Waals surface area (Å²) in [5, 5.41) is 3.04. The zero-order valence-corrected chi connectivity index (χ0v) is 10.8. The van der Waals surface area contributed by atoms with Crippen LogP contribution in [0.15, 0.2) is 0 Å². The Kier molecular flexibility index (Phi) is 4.14. The summed E-state index contributed by atoms with van der Waals surface area (Å²) in [6.07, 6.45) is 6.78. The van der Waals surface area contributed by atoms with Crippen molar-refractivity contribution in [3.05, 3.63) is 0 Å². The van der Waals surface area contributed by atoms with E-state index in [1.54, 1.807) is 0 Å². The predicted molar refractivity (Wildman–Crippen MR) is 68.9 cm³/mol. The summed E-state index contributed by atoms with van der Waals surface area (Å²) >= 11 is 4.53. The summed E-state index contributed by atoms with van der Waals surface area (Å²) in [6, 6.07) is 0. The maximum atomic E-state index is 11.9. The van der Waals surface area contributed by atoms with Crippen molar-refractivity contribution in [2.24, 2.45) is 0 Å². The lowest BCUT2D eigenvalue weighted by molar-refractivity contribution is -0.123. The van der Waals surface area contributed by atoms with Crippen LogP contribution in [0.4, 0.5) is 0 Å². The minimum atomic E-state index is -0.370. The standard InChI is InChI=1S/C12H22N2OS/c15-11(12(16)5-1-2-6-12)13-7-10-14-8-3-4-9-14/h16H,1-10H2,(H,13,15). The number of carbonyl (C=O) groups is 1. The zero-order chi connectivity index (χ0) is 11.4. The van der Waals surface area contributed by atoms with Crippen LogP contribution in [0.25, 0.3) is 0 Å². The maximum Gasteiger partial charge on any atom is 0.236 e. The molecule has 2 fully saturated rings. The first-order chi connectivity index (χ1) is 7.71. The molecule has 92 valence electrons. The summed E-state index contributed by atoms with van der Waals surface area (Å²) in [5.74, 6) is 0.146. The Bertz CT molecular complexity index is 245. The minimum Gasteiger partial charge on any atom is -0.354 e. The number of nitrogens with zero attached hydrogens (tertiary/aromatic N) is 1. The van der Waals surface area contributed by atoms with Crippen molar-refractivity contribution >= 4 is 18.5 Å². The topological polar surface area (TPSA) is 32.3 Å². The molecule has 0 aromatic heterocycles. The van der Waals surface area contributed by atoms with Crippen molar-refractivity contribution in [1.82, 2.24) is 10.2 Å². The smallest absolute Gasteiger partial charge is 0.236 e. The Morgan fingerprint density at radius 2 is 1.81 bits per heavy atom. The highest BCUT2D eigenvalue weighted by atomic mass is 32.1. The lowest BCUT2D eigenvalue weighted by Gasteiger charge is -2.22. The second-order valence-corrected chi connectivity index (χ2v) is 5.90. The highest BCUT2D eigenvalue weighted by Crippen LogP contribution is 2.35. The van der Waals surface area contributed by atoms with Gasteiger partial charge >= 0.3 is 0 Å². The molecular formula is C12H22N2OS. The van der Waals surface area contributed by atoms with Crippen molar-refractivity contribution in [2.75, 3.05) is 26.2 Å². The molecule has 1 N–H and O–H groups in total. The molecule has 0 unspecified atom stereocenters. The van der Waals surface area contributed by atoms with Crippen LogP contribution in [0, 0.1) is 0 Å². The quantitative estimate of drug-likeness (QED) is 0.731. The molecule has 0 radical (unpaired) electrons. The molecule has 1 saturated heterocycles. The third-order valence-corrected chi connectivity index (χ3v) is 4.42. The first-order valence-electron chi connectivity index (χ1n) is 6.44. The molecule has 2 aliphatic rings. The van der Waals surface area contributed by atoms with E-state index < -0.39 is 0 Å². The third kappa shape index (κ3) is 2.92. The van der Waals surface area contributed by atoms with Crippen LogP contribution in [-0.2, 0) is 4.79 Å². The van der Waals surface area contributed by atoms with Crippen LogP contribution in [0.1, 0.15) is 38.5 Å². The number of amides is 1. The van der Waals surface area contributed by atoms with Gasteiger partial charge in [0.1, 0.15) is 0 Å². The zero-order valence-electron chi connectivity index (χ0n) is 9.87. The molecule has 2 rings (SSSR count). The van der Waals surface area contributed by atoms with E-state index in [0.29, 0.717) is 0 Å². The fraction of sp³-hybridized carbons (Fsp3) is 0.917. The van der Waals surface area contributed by atoms with Gasteiger partial charge in [-0.15, -0.1) is 0 Å². The van der Waals surface area contributed by atoms with E-state index in [1.165, 1.54) is 25.9 Å². The van der Waals surface area contributed by atoms with Gasteiger partial charge in [-0.1, -0.05) is 12.8 Å². The highest BCUT2D eigenvalue weighted by Gasteiger charge is 2.37. The van der Waals surface area contributed by atoms with Gasteiger partial charge in [-0.05, 0) is 38.8 Å². The molecular weight excluding hydrogens is 220 g/mol. The average molecular weight is 242 g/mol. The van der Waals surface area contributed by atoms with Crippen LogP contribution in [0.2, 0.25) is 0 Å².